The van der Waals surface area contributed by atoms with Crippen LogP contribution in [0.15, 0.2) is 12.1 Å². The largest absolute Gasteiger partial charge is 0.465 e. The number of carbonyl (C=O) groups is 1. The lowest BCUT2D eigenvalue weighted by Gasteiger charge is -2.22. The number of esters is 1. The van der Waals surface area contributed by atoms with Gasteiger partial charge in [0.05, 0.1) is 18.4 Å². The van der Waals surface area contributed by atoms with Crippen molar-refractivity contribution < 1.29 is 18.3 Å². The van der Waals surface area contributed by atoms with E-state index in [0.29, 0.717) is 6.04 Å². The van der Waals surface area contributed by atoms with E-state index in [-0.39, 0.29) is 17.3 Å². The number of hydrogen-bond acceptors (Lipinski definition) is 4. The van der Waals surface area contributed by atoms with Crippen LogP contribution >= 0.6 is 0 Å². The summed E-state index contributed by atoms with van der Waals surface area (Å²) in [7, 11) is 1.17. The van der Waals surface area contributed by atoms with Crippen LogP contribution < -0.4 is 5.32 Å². The molecule has 2 aliphatic heterocycles. The Morgan fingerprint density at radius 2 is 2.10 bits per heavy atom. The average Bonchev–Trinajstić information content (AvgIpc) is 3.05. The summed E-state index contributed by atoms with van der Waals surface area (Å²) in [6.07, 6.45) is 3.17. The van der Waals surface area contributed by atoms with Crippen molar-refractivity contribution in [1.82, 2.24) is 4.90 Å². The number of halogens is 2. The van der Waals surface area contributed by atoms with Gasteiger partial charge in [-0.25, -0.2) is 13.6 Å². The second kappa shape index (κ2) is 5.60. The van der Waals surface area contributed by atoms with E-state index in [1.54, 1.807) is 0 Å². The molecule has 1 aromatic rings. The molecule has 1 aromatic carbocycles. The highest BCUT2D eigenvalue weighted by Gasteiger charge is 2.37. The van der Waals surface area contributed by atoms with Crippen LogP contribution in [0.1, 0.15) is 29.6 Å². The number of methoxy groups -OCH3 is 1. The number of nitrogens with one attached hydrogen (secondary N) is 1. The molecule has 0 spiro atoms. The molecular formula is C15H18F2N2O2. The zero-order chi connectivity index (χ0) is 15.0. The summed E-state index contributed by atoms with van der Waals surface area (Å²) in [6.45, 7) is 2.08. The smallest absolute Gasteiger partial charge is 0.340 e. The zero-order valence-corrected chi connectivity index (χ0v) is 11.9. The molecule has 0 aliphatic carbocycles. The molecule has 3 rings (SSSR count). The summed E-state index contributed by atoms with van der Waals surface area (Å²) in [5.41, 5.74) is -0.0850. The second-order valence-corrected chi connectivity index (χ2v) is 5.59. The van der Waals surface area contributed by atoms with Gasteiger partial charge in [-0.3, -0.25) is 4.90 Å². The minimum Gasteiger partial charge on any atom is -0.465 e. The third-order valence-corrected chi connectivity index (χ3v) is 4.41. The van der Waals surface area contributed by atoms with E-state index in [2.05, 4.69) is 15.0 Å². The van der Waals surface area contributed by atoms with Crippen LogP contribution in [0, 0.1) is 11.6 Å². The van der Waals surface area contributed by atoms with E-state index < -0.39 is 17.6 Å². The first-order valence-corrected chi connectivity index (χ1v) is 7.18. The van der Waals surface area contributed by atoms with E-state index in [4.69, 9.17) is 0 Å². The molecule has 2 aliphatic rings. The van der Waals surface area contributed by atoms with Gasteiger partial charge < -0.3 is 10.1 Å². The predicted molar refractivity (Wildman–Crippen MR) is 74.3 cm³/mol. The highest BCUT2D eigenvalue weighted by molar-refractivity contribution is 5.90. The van der Waals surface area contributed by atoms with Gasteiger partial charge in [0.25, 0.3) is 0 Å². The van der Waals surface area contributed by atoms with Crippen LogP contribution in [0.5, 0.6) is 0 Å². The molecule has 0 radical (unpaired) electrons. The Hall–Kier alpha value is -1.69. The third-order valence-electron chi connectivity index (χ3n) is 4.41. The summed E-state index contributed by atoms with van der Waals surface area (Å²) < 4.78 is 32.1. The van der Waals surface area contributed by atoms with Crippen LogP contribution in [0.2, 0.25) is 0 Å². The number of benzene rings is 1. The first kappa shape index (κ1) is 14.3. The fraction of sp³-hybridized carbons (Fsp3) is 0.533. The van der Waals surface area contributed by atoms with Gasteiger partial charge >= 0.3 is 5.97 Å². The Morgan fingerprint density at radius 3 is 2.86 bits per heavy atom. The molecule has 2 unspecified atom stereocenters. The van der Waals surface area contributed by atoms with Crippen molar-refractivity contribution in [2.45, 2.75) is 31.3 Å². The Morgan fingerprint density at radius 1 is 1.29 bits per heavy atom. The number of rotatable bonds is 3. The molecule has 2 fully saturated rings. The summed E-state index contributed by atoms with van der Waals surface area (Å²) in [5, 5.41) is 3.14. The van der Waals surface area contributed by atoms with Crippen LogP contribution in [0.4, 0.5) is 14.5 Å². The number of hydrogen-bond donors (Lipinski definition) is 1. The van der Waals surface area contributed by atoms with Gasteiger partial charge in [-0.2, -0.15) is 0 Å². The summed E-state index contributed by atoms with van der Waals surface area (Å²) in [6, 6.07) is 2.47. The fourth-order valence-corrected chi connectivity index (χ4v) is 3.38. The van der Waals surface area contributed by atoms with Gasteiger partial charge in [-0.1, -0.05) is 0 Å². The maximum atomic E-state index is 13.9. The number of ether oxygens (including phenoxy) is 1. The lowest BCUT2D eigenvalue weighted by molar-refractivity contribution is 0.0595. The topological polar surface area (TPSA) is 41.6 Å². The van der Waals surface area contributed by atoms with Crippen LogP contribution in [0.25, 0.3) is 0 Å². The van der Waals surface area contributed by atoms with E-state index in [1.165, 1.54) is 13.2 Å². The van der Waals surface area contributed by atoms with Gasteiger partial charge in [-0.15, -0.1) is 0 Å². The van der Waals surface area contributed by atoms with Gasteiger partial charge in [-0.05, 0) is 31.9 Å². The van der Waals surface area contributed by atoms with Crippen molar-refractivity contribution in [3.63, 3.8) is 0 Å². The number of carbonyl (C=O) groups excluding carboxylic acids is 1. The second-order valence-electron chi connectivity index (χ2n) is 5.59. The van der Waals surface area contributed by atoms with Crippen LogP contribution in [-0.2, 0) is 4.74 Å². The van der Waals surface area contributed by atoms with Crippen LogP contribution in [0.3, 0.4) is 0 Å². The molecule has 6 heteroatoms. The molecule has 0 amide bonds. The van der Waals surface area contributed by atoms with Gasteiger partial charge in [0.15, 0.2) is 0 Å². The monoisotopic (exact) mass is 296 g/mol. The van der Waals surface area contributed by atoms with Gasteiger partial charge in [0.1, 0.15) is 11.6 Å². The molecule has 2 saturated heterocycles. The van der Waals surface area contributed by atoms with Crippen molar-refractivity contribution in [3.05, 3.63) is 29.3 Å². The summed E-state index contributed by atoms with van der Waals surface area (Å²) in [5.74, 6) is -2.39. The lowest BCUT2D eigenvalue weighted by atomic mass is 10.1. The van der Waals surface area contributed by atoms with Crippen molar-refractivity contribution in [3.8, 4) is 0 Å². The Kier molecular flexibility index (Phi) is 3.80. The van der Waals surface area contributed by atoms with Gasteiger partial charge in [0, 0.05) is 24.7 Å². The molecule has 2 heterocycles. The number of nitrogens with zero attached hydrogens (tertiary/aromatic N) is 1. The molecule has 2 atom stereocenters. The summed E-state index contributed by atoms with van der Waals surface area (Å²) >= 11 is 0. The highest BCUT2D eigenvalue weighted by Crippen LogP contribution is 2.31. The third kappa shape index (κ3) is 2.60. The quantitative estimate of drug-likeness (QED) is 0.870. The minimum atomic E-state index is -0.904. The molecule has 0 aromatic heterocycles. The maximum Gasteiger partial charge on any atom is 0.340 e. The Labute approximate surface area is 122 Å². The van der Waals surface area contributed by atoms with Gasteiger partial charge in [0.2, 0.25) is 0 Å². The Bertz CT molecular complexity index is 565. The molecule has 4 nitrogen and oxygen atoms in total. The SMILES string of the molecule is COC(=O)c1cc(NC2CCN3CCCC23)c(F)cc1F. The predicted octanol–water partition coefficient (Wildman–Crippen LogP) is 2.40. The standard InChI is InChI=1S/C15H18F2N2O2/c1-21-15(20)9-7-13(11(17)8-10(9)16)18-12-4-6-19-5-2-3-14(12)19/h7-8,12,14,18H,2-6H2,1H3. The van der Waals surface area contributed by atoms with Crippen molar-refractivity contribution in [1.29, 1.82) is 0 Å². The summed E-state index contributed by atoms with van der Waals surface area (Å²) in [4.78, 5) is 13.9. The molecule has 0 saturated carbocycles. The minimum absolute atomic E-state index is 0.137. The number of fused-ring (bicyclic) bond motifs is 1. The first-order chi connectivity index (χ1) is 10.1. The van der Waals surface area contributed by atoms with Crippen molar-refractivity contribution in [2.24, 2.45) is 0 Å². The van der Waals surface area contributed by atoms with Crippen molar-refractivity contribution >= 4 is 11.7 Å². The average molecular weight is 296 g/mol. The number of anilines is 1. The molecule has 21 heavy (non-hydrogen) atoms. The normalized spacial score (nSPS) is 24.9. The van der Waals surface area contributed by atoms with Crippen molar-refractivity contribution in [2.75, 3.05) is 25.5 Å². The van der Waals surface area contributed by atoms with E-state index in [9.17, 15) is 13.6 Å². The first-order valence-electron chi connectivity index (χ1n) is 7.18. The fourth-order valence-electron chi connectivity index (χ4n) is 3.38. The Balaban J connectivity index is 1.83. The van der Waals surface area contributed by atoms with Crippen LogP contribution in [-0.4, -0.2) is 43.2 Å². The zero-order valence-electron chi connectivity index (χ0n) is 11.9. The molecule has 0 bridgehead atoms. The van der Waals surface area contributed by atoms with E-state index in [0.717, 1.165) is 38.4 Å². The maximum absolute atomic E-state index is 13.9. The molecular weight excluding hydrogens is 278 g/mol. The van der Waals surface area contributed by atoms with E-state index in [1.807, 2.05) is 0 Å². The highest BCUT2D eigenvalue weighted by atomic mass is 19.1. The molecule has 1 N–H and O–H groups in total. The van der Waals surface area contributed by atoms with E-state index >= 15 is 0 Å². The molecule has 114 valence electrons. The lowest BCUT2D eigenvalue weighted by Crippen LogP contribution is -2.34.